The number of amides is 1. The first-order valence-electron chi connectivity index (χ1n) is 7.04. The molecule has 1 amide bonds. The van der Waals surface area contributed by atoms with Crippen molar-refractivity contribution in [1.29, 1.82) is 0 Å². The number of nitrogens with zero attached hydrogens (tertiary/aromatic N) is 3. The van der Waals surface area contributed by atoms with Crippen LogP contribution in [0.25, 0.3) is 10.2 Å². The van der Waals surface area contributed by atoms with Gasteiger partial charge in [-0.2, -0.15) is 4.99 Å². The molecule has 0 N–H and O–H groups in total. The van der Waals surface area contributed by atoms with Crippen molar-refractivity contribution in [2.24, 2.45) is 4.99 Å². The van der Waals surface area contributed by atoms with E-state index in [-0.39, 0.29) is 11.4 Å². The number of rotatable bonds is 3. The van der Waals surface area contributed by atoms with Crippen LogP contribution in [0.1, 0.15) is 27.9 Å². The van der Waals surface area contributed by atoms with E-state index in [0.29, 0.717) is 16.4 Å². The molecule has 1 aromatic carbocycles. The number of halogens is 2. The van der Waals surface area contributed by atoms with Crippen LogP contribution < -0.4 is 4.80 Å². The van der Waals surface area contributed by atoms with Gasteiger partial charge in [-0.3, -0.25) is 9.59 Å². The third kappa shape index (κ3) is 3.26. The summed E-state index contributed by atoms with van der Waals surface area (Å²) in [6.45, 7) is 2.62. The van der Waals surface area contributed by atoms with Crippen LogP contribution in [0, 0.1) is 0 Å². The number of thiazole rings is 1. The second-order valence-corrected chi connectivity index (χ2v) is 6.63. The highest BCUT2D eigenvalue weighted by Gasteiger charge is 2.12. The molecule has 0 saturated carbocycles. The monoisotopic (exact) mass is 379 g/mol. The summed E-state index contributed by atoms with van der Waals surface area (Å²) in [5.41, 5.74) is 1.04. The topological polar surface area (TPSA) is 64.3 Å². The van der Waals surface area contributed by atoms with Gasteiger partial charge in [0.15, 0.2) is 4.80 Å². The highest BCUT2D eigenvalue weighted by molar-refractivity contribution is 7.16. The number of benzene rings is 1. The Hall–Kier alpha value is -2.02. The predicted octanol–water partition coefficient (Wildman–Crippen LogP) is 3.89. The van der Waals surface area contributed by atoms with Gasteiger partial charge in [0.1, 0.15) is 11.4 Å². The highest BCUT2D eigenvalue weighted by atomic mass is 35.5. The normalized spacial score (nSPS) is 11.9. The second-order valence-electron chi connectivity index (χ2n) is 4.84. The van der Waals surface area contributed by atoms with E-state index in [2.05, 4.69) is 9.98 Å². The van der Waals surface area contributed by atoms with Gasteiger partial charge in [-0.25, -0.2) is 4.98 Å². The SMILES string of the molecule is CCn1c(=NC(=O)c2cccc(C(=O)Cl)n2)sc2cc(Cl)ccc21. The van der Waals surface area contributed by atoms with E-state index in [1.165, 1.54) is 23.5 Å². The molecule has 122 valence electrons. The molecular formula is C16H11Cl2N3O2S. The molecule has 0 radical (unpaired) electrons. The van der Waals surface area contributed by atoms with Crippen LogP contribution >= 0.6 is 34.5 Å². The lowest BCUT2D eigenvalue weighted by Gasteiger charge is -2.00. The van der Waals surface area contributed by atoms with Crippen LogP contribution in [0.3, 0.4) is 0 Å². The zero-order valence-corrected chi connectivity index (χ0v) is 14.8. The van der Waals surface area contributed by atoms with E-state index in [1.54, 1.807) is 12.1 Å². The van der Waals surface area contributed by atoms with Gasteiger partial charge in [0.25, 0.3) is 11.1 Å². The van der Waals surface area contributed by atoms with Crippen molar-refractivity contribution in [2.45, 2.75) is 13.5 Å². The fraction of sp³-hybridized carbons (Fsp3) is 0.125. The van der Waals surface area contributed by atoms with Crippen LogP contribution in [0.4, 0.5) is 0 Å². The fourth-order valence-electron chi connectivity index (χ4n) is 2.25. The standard InChI is InChI=1S/C16H11Cl2N3O2S/c1-2-21-12-7-6-9(17)8-13(12)24-16(21)20-15(23)11-5-3-4-10(19-11)14(18)22/h3-8H,2H2,1H3. The molecule has 3 aromatic rings. The Kier molecular flexibility index (Phi) is 4.80. The largest absolute Gasteiger partial charge is 0.317 e. The molecule has 0 aliphatic heterocycles. The fourth-order valence-corrected chi connectivity index (χ4v) is 3.72. The van der Waals surface area contributed by atoms with Gasteiger partial charge in [-0.1, -0.05) is 29.0 Å². The van der Waals surface area contributed by atoms with Gasteiger partial charge in [0, 0.05) is 11.6 Å². The number of hydrogen-bond donors (Lipinski definition) is 0. The molecule has 0 atom stereocenters. The van der Waals surface area contributed by atoms with Gasteiger partial charge >= 0.3 is 0 Å². The molecule has 2 aromatic heterocycles. The van der Waals surface area contributed by atoms with E-state index < -0.39 is 11.1 Å². The Balaban J connectivity index is 2.11. The average Bonchev–Trinajstić information content (AvgIpc) is 2.90. The first-order chi connectivity index (χ1) is 11.5. The maximum absolute atomic E-state index is 12.4. The molecule has 3 rings (SSSR count). The Morgan fingerprint density at radius 3 is 2.71 bits per heavy atom. The molecule has 5 nitrogen and oxygen atoms in total. The molecule has 2 heterocycles. The van der Waals surface area contributed by atoms with Crippen molar-refractivity contribution in [3.63, 3.8) is 0 Å². The van der Waals surface area contributed by atoms with Gasteiger partial charge in [0.2, 0.25) is 0 Å². The zero-order valence-electron chi connectivity index (χ0n) is 12.5. The smallest absolute Gasteiger partial charge is 0.298 e. The van der Waals surface area contributed by atoms with E-state index in [1.807, 2.05) is 23.6 Å². The minimum atomic E-state index is -0.718. The maximum Gasteiger partial charge on any atom is 0.298 e. The summed E-state index contributed by atoms with van der Waals surface area (Å²) >= 11 is 12.8. The van der Waals surface area contributed by atoms with Crippen LogP contribution in [0.15, 0.2) is 41.4 Å². The molecule has 0 fully saturated rings. The number of carbonyl (C=O) groups excluding carboxylic acids is 2. The van der Waals surface area contributed by atoms with Crippen LogP contribution in [-0.2, 0) is 6.54 Å². The number of carbonyl (C=O) groups is 2. The summed E-state index contributed by atoms with van der Waals surface area (Å²) in [6, 6.07) is 10.0. The molecule has 0 bridgehead atoms. The molecule has 0 unspecified atom stereocenters. The highest BCUT2D eigenvalue weighted by Crippen LogP contribution is 2.21. The molecule has 0 spiro atoms. The van der Waals surface area contributed by atoms with E-state index in [4.69, 9.17) is 23.2 Å². The number of fused-ring (bicyclic) bond motifs is 1. The number of hydrogen-bond acceptors (Lipinski definition) is 4. The van der Waals surface area contributed by atoms with Gasteiger partial charge in [-0.15, -0.1) is 0 Å². The maximum atomic E-state index is 12.4. The lowest BCUT2D eigenvalue weighted by Crippen LogP contribution is -2.16. The summed E-state index contributed by atoms with van der Waals surface area (Å²) in [7, 11) is 0. The number of pyridine rings is 1. The Bertz CT molecular complexity index is 1020. The van der Waals surface area contributed by atoms with Gasteiger partial charge < -0.3 is 4.57 Å². The van der Waals surface area contributed by atoms with Crippen LogP contribution in [-0.4, -0.2) is 20.7 Å². The summed E-state index contributed by atoms with van der Waals surface area (Å²) in [6.07, 6.45) is 0. The van der Waals surface area contributed by atoms with Crippen molar-refractivity contribution in [3.8, 4) is 0 Å². The molecule has 8 heteroatoms. The summed E-state index contributed by atoms with van der Waals surface area (Å²) in [5, 5.41) is -0.0929. The van der Waals surface area contributed by atoms with E-state index >= 15 is 0 Å². The molecule has 0 aliphatic rings. The Labute approximate surface area is 151 Å². The average molecular weight is 380 g/mol. The number of aryl methyl sites for hydroxylation is 1. The van der Waals surface area contributed by atoms with Crippen molar-refractivity contribution < 1.29 is 9.59 Å². The summed E-state index contributed by atoms with van der Waals surface area (Å²) in [4.78, 5) is 32.2. The number of aromatic nitrogens is 2. The van der Waals surface area contributed by atoms with Crippen molar-refractivity contribution in [3.05, 3.63) is 57.6 Å². The Morgan fingerprint density at radius 1 is 1.25 bits per heavy atom. The van der Waals surface area contributed by atoms with Crippen LogP contribution in [0.2, 0.25) is 5.02 Å². The molecular weight excluding hydrogens is 369 g/mol. The molecule has 24 heavy (non-hydrogen) atoms. The van der Waals surface area contributed by atoms with Crippen molar-refractivity contribution >= 4 is 55.9 Å². The van der Waals surface area contributed by atoms with Gasteiger partial charge in [-0.05, 0) is 48.9 Å². The van der Waals surface area contributed by atoms with E-state index in [0.717, 1.165) is 10.2 Å². The molecule has 0 aliphatic carbocycles. The lowest BCUT2D eigenvalue weighted by molar-refractivity contribution is 0.0993. The first-order valence-corrected chi connectivity index (χ1v) is 8.61. The quantitative estimate of drug-likeness (QED) is 0.648. The minimum Gasteiger partial charge on any atom is -0.317 e. The second kappa shape index (κ2) is 6.84. The van der Waals surface area contributed by atoms with Crippen molar-refractivity contribution in [1.82, 2.24) is 9.55 Å². The summed E-state index contributed by atoms with van der Waals surface area (Å²) < 4.78 is 2.86. The van der Waals surface area contributed by atoms with Crippen molar-refractivity contribution in [2.75, 3.05) is 0 Å². The third-order valence-electron chi connectivity index (χ3n) is 3.33. The summed E-state index contributed by atoms with van der Waals surface area (Å²) in [5.74, 6) is -0.533. The predicted molar refractivity (Wildman–Crippen MR) is 94.8 cm³/mol. The lowest BCUT2D eigenvalue weighted by atomic mass is 10.3. The van der Waals surface area contributed by atoms with E-state index in [9.17, 15) is 9.59 Å². The van der Waals surface area contributed by atoms with Crippen LogP contribution in [0.5, 0.6) is 0 Å². The first kappa shape index (κ1) is 16.8. The zero-order chi connectivity index (χ0) is 17.3. The Morgan fingerprint density at radius 2 is 2.00 bits per heavy atom. The third-order valence-corrected chi connectivity index (χ3v) is 4.80. The molecule has 0 saturated heterocycles. The van der Waals surface area contributed by atoms with Gasteiger partial charge in [0.05, 0.1) is 10.2 Å². The minimum absolute atomic E-state index is 0.0178.